The van der Waals surface area contributed by atoms with E-state index in [1.807, 2.05) is 62.0 Å². The standard InChI is InChI=1S/C56H96FN7O15S/c1-16-44-56(10,70)49(66)37(6)61(12)31-33(2)28-54(8,69)51(35(4)47(36(5)52(68)77-44)78-45-29-55(9,74-14)50(67)38(7)76-45)79-53-46(65)42(27-34(3)75-53)60(11)22-21-40-32-64(59-58-40)43(30-57)48(73-13)39-17-19-41(20-18-39)62-23-25-63(26-24-62)80(15,71)72/h17-20,32-38,42-51,53,65-67,69-70H,16,21-31H2,1-15H3/t33-,34-,35+,36-,37-,38+,42+,43-,44-,45+,46-,47+,48-,49-,50+,51-,53+,54-,55-,56-/m1/s1. The third kappa shape index (κ3) is 15.2. The van der Waals surface area contributed by atoms with Crippen LogP contribution >= 0.6 is 0 Å². The second kappa shape index (κ2) is 27.3. The zero-order valence-corrected chi connectivity index (χ0v) is 50.7. The maximum atomic E-state index is 15.0. The summed E-state index contributed by atoms with van der Waals surface area (Å²) in [6.07, 6.45) is -7.05. The number of aliphatic hydroxyl groups is 5. The molecule has 0 aliphatic carbocycles. The molecule has 0 amide bonds. The average molecular weight is 1160 g/mol. The Hall–Kier alpha value is -3.05. The summed E-state index contributed by atoms with van der Waals surface area (Å²) in [6, 6.07) is 5.66. The Kier molecular flexibility index (Phi) is 22.6. The van der Waals surface area contributed by atoms with E-state index in [9.17, 15) is 38.7 Å². The van der Waals surface area contributed by atoms with Crippen LogP contribution in [0.25, 0.3) is 0 Å². The molecule has 0 radical (unpaired) electrons. The number of nitrogens with zero attached hydrogens (tertiary/aromatic N) is 7. The molecule has 4 aliphatic heterocycles. The van der Waals surface area contributed by atoms with Gasteiger partial charge < -0.3 is 73.4 Å². The third-order valence-corrected chi connectivity index (χ3v) is 19.1. The predicted octanol–water partition coefficient (Wildman–Crippen LogP) is 3.09. The van der Waals surface area contributed by atoms with Gasteiger partial charge in [-0.2, -0.15) is 4.31 Å². The number of halogens is 1. The Morgan fingerprint density at radius 3 is 2.17 bits per heavy atom. The zero-order chi connectivity index (χ0) is 59.4. The van der Waals surface area contributed by atoms with Crippen LogP contribution < -0.4 is 4.90 Å². The number of hydrogen-bond donors (Lipinski definition) is 5. The van der Waals surface area contributed by atoms with Crippen LogP contribution in [0, 0.1) is 17.8 Å². The largest absolute Gasteiger partial charge is 0.459 e. The number of benzene rings is 1. The minimum atomic E-state index is -3.27. The normalized spacial score (nSPS) is 38.9. The molecule has 80 heavy (non-hydrogen) atoms. The lowest BCUT2D eigenvalue weighted by Crippen LogP contribution is -2.61. The molecular formula is C56H96FN7O15S. The SMILES string of the molecule is CC[C@H]1OC(=O)[C@H](C)[C@@H](O[C@H]2C[C@@](C)(OC)[C@@H](O)[C@H](C)O2)[C@H](C)[C@@H](O[C@@H]2O[C@H](C)C[C@H](N(C)CCc3cn([C@H](CF)[C@H](OC)c4ccc(N5CCN(S(C)(=O)=O)CC5)cc4)nn3)[C@H]2O)[C@](C)(O)C[C@@H](C)CN(C)[C@H](C)[C@@H](O)[C@]1(C)O. The van der Waals surface area contributed by atoms with E-state index in [4.69, 9.17) is 33.2 Å². The lowest BCUT2D eigenvalue weighted by atomic mass is 9.77. The maximum Gasteiger partial charge on any atom is 0.311 e. The number of aromatic nitrogens is 3. The fourth-order valence-corrected chi connectivity index (χ4v) is 13.5. The molecule has 0 saturated carbocycles. The quantitative estimate of drug-likeness (QED) is 0.143. The van der Waals surface area contributed by atoms with Crippen molar-refractivity contribution >= 4 is 21.7 Å². The van der Waals surface area contributed by atoms with Crippen LogP contribution in [0.4, 0.5) is 10.1 Å². The number of piperazine rings is 1. The van der Waals surface area contributed by atoms with Crippen LogP contribution in [0.1, 0.15) is 118 Å². The average Bonchev–Trinajstić information content (AvgIpc) is 3.92. The number of alkyl halides is 1. The summed E-state index contributed by atoms with van der Waals surface area (Å²) >= 11 is 0. The van der Waals surface area contributed by atoms with E-state index in [0.29, 0.717) is 57.8 Å². The highest BCUT2D eigenvalue weighted by Gasteiger charge is 2.53. The first-order chi connectivity index (χ1) is 37.4. The van der Waals surface area contributed by atoms with Crippen molar-refractivity contribution in [2.45, 2.75) is 204 Å². The number of esters is 1. The van der Waals surface area contributed by atoms with E-state index in [1.54, 1.807) is 54.7 Å². The molecule has 0 spiro atoms. The summed E-state index contributed by atoms with van der Waals surface area (Å²) in [4.78, 5) is 20.5. The number of ether oxygens (including phenoxy) is 7. The first kappa shape index (κ1) is 66.1. The first-order valence-electron chi connectivity index (χ1n) is 28.5. The van der Waals surface area contributed by atoms with Crippen molar-refractivity contribution in [3.8, 4) is 0 Å². The van der Waals surface area contributed by atoms with Gasteiger partial charge in [-0.05, 0) is 105 Å². The molecule has 20 atom stereocenters. The molecule has 5 heterocycles. The Labute approximate surface area is 474 Å². The van der Waals surface area contributed by atoms with Crippen molar-refractivity contribution in [1.29, 1.82) is 0 Å². The van der Waals surface area contributed by atoms with Gasteiger partial charge in [0, 0.05) is 96.2 Å². The third-order valence-electron chi connectivity index (χ3n) is 17.8. The smallest absolute Gasteiger partial charge is 0.311 e. The number of rotatable bonds is 17. The van der Waals surface area contributed by atoms with Crippen LogP contribution in [0.5, 0.6) is 0 Å². The van der Waals surface area contributed by atoms with Crippen LogP contribution in [0.15, 0.2) is 30.5 Å². The Morgan fingerprint density at radius 1 is 0.938 bits per heavy atom. The summed E-state index contributed by atoms with van der Waals surface area (Å²) in [7, 11) is 3.44. The van der Waals surface area contributed by atoms with Gasteiger partial charge in [0.25, 0.3) is 0 Å². The highest BCUT2D eigenvalue weighted by Crippen LogP contribution is 2.41. The van der Waals surface area contributed by atoms with Gasteiger partial charge >= 0.3 is 5.97 Å². The monoisotopic (exact) mass is 1160 g/mol. The second-order valence-electron chi connectivity index (χ2n) is 24.2. The van der Waals surface area contributed by atoms with Crippen molar-refractivity contribution in [3.63, 3.8) is 0 Å². The van der Waals surface area contributed by atoms with Gasteiger partial charge in [0.15, 0.2) is 12.6 Å². The highest BCUT2D eigenvalue weighted by molar-refractivity contribution is 7.88. The Bertz CT molecular complexity index is 2380. The van der Waals surface area contributed by atoms with Gasteiger partial charge in [-0.3, -0.25) is 4.79 Å². The van der Waals surface area contributed by atoms with Crippen molar-refractivity contribution in [2.75, 3.05) is 85.4 Å². The fourth-order valence-electron chi connectivity index (χ4n) is 12.7. The van der Waals surface area contributed by atoms with Gasteiger partial charge in [0.1, 0.15) is 48.8 Å². The van der Waals surface area contributed by atoms with Crippen LogP contribution in [0.3, 0.4) is 0 Å². The van der Waals surface area contributed by atoms with Gasteiger partial charge in [0.05, 0.1) is 53.5 Å². The molecule has 1 aromatic carbocycles. The molecule has 2 aromatic rings. The van der Waals surface area contributed by atoms with E-state index in [2.05, 4.69) is 15.2 Å². The van der Waals surface area contributed by atoms with Gasteiger partial charge in [-0.15, -0.1) is 5.10 Å². The fraction of sp³-hybridized carbons (Fsp3) is 0.839. The highest BCUT2D eigenvalue weighted by atomic mass is 32.2. The number of methoxy groups -OCH3 is 2. The van der Waals surface area contributed by atoms with Crippen LogP contribution in [0.2, 0.25) is 0 Å². The van der Waals surface area contributed by atoms with E-state index in [0.717, 1.165) is 11.3 Å². The van der Waals surface area contributed by atoms with Crippen LogP contribution in [-0.4, -0.2) is 240 Å². The van der Waals surface area contributed by atoms with E-state index >= 15 is 4.39 Å². The molecule has 0 unspecified atom stereocenters. The molecule has 0 bridgehead atoms. The van der Waals surface area contributed by atoms with Crippen molar-refractivity contribution in [1.82, 2.24) is 29.1 Å². The second-order valence-corrected chi connectivity index (χ2v) is 26.2. The molecule has 1 aromatic heterocycles. The topological polar surface area (TPSA) is 261 Å². The minimum Gasteiger partial charge on any atom is -0.459 e. The summed E-state index contributed by atoms with van der Waals surface area (Å²) < 4.78 is 86.3. The van der Waals surface area contributed by atoms with Crippen molar-refractivity contribution < 1.29 is 76.3 Å². The van der Waals surface area contributed by atoms with Gasteiger partial charge in [0.2, 0.25) is 10.0 Å². The maximum absolute atomic E-state index is 15.0. The summed E-state index contributed by atoms with van der Waals surface area (Å²) in [5, 5.41) is 68.7. The minimum absolute atomic E-state index is 0.0742. The molecule has 458 valence electrons. The van der Waals surface area contributed by atoms with Gasteiger partial charge in [-0.1, -0.05) is 38.1 Å². The molecule has 4 aliphatic rings. The summed E-state index contributed by atoms with van der Waals surface area (Å²) in [6.45, 7) is 19.2. The number of aliphatic hydroxyl groups excluding tert-OH is 3. The van der Waals surface area contributed by atoms with E-state index in [1.165, 1.54) is 36.4 Å². The van der Waals surface area contributed by atoms with Crippen molar-refractivity contribution in [3.05, 3.63) is 41.7 Å². The number of likely N-dealkylation sites (N-methyl/N-ethyl adjacent to an activating group) is 2. The molecule has 24 heteroatoms. The number of cyclic esters (lactones) is 1. The summed E-state index contributed by atoms with van der Waals surface area (Å²) in [5.74, 6) is -2.93. The number of hydrogen-bond acceptors (Lipinski definition) is 20. The predicted molar refractivity (Wildman–Crippen MR) is 297 cm³/mol. The number of carbonyl (C=O) groups excluding carboxylic acids is 1. The summed E-state index contributed by atoms with van der Waals surface area (Å²) in [5.41, 5.74) is -2.39. The Balaban J connectivity index is 1.22. The Morgan fingerprint density at radius 2 is 1.59 bits per heavy atom. The number of sulfonamides is 1. The molecule has 6 rings (SSSR count). The molecule has 4 saturated heterocycles. The zero-order valence-electron chi connectivity index (χ0n) is 49.9. The lowest BCUT2D eigenvalue weighted by molar-refractivity contribution is -0.318. The van der Waals surface area contributed by atoms with E-state index in [-0.39, 0.29) is 25.2 Å². The van der Waals surface area contributed by atoms with E-state index < -0.39 is 137 Å². The lowest BCUT2D eigenvalue weighted by Gasteiger charge is -2.49. The van der Waals surface area contributed by atoms with Gasteiger partial charge in [-0.25, -0.2) is 17.5 Å². The van der Waals surface area contributed by atoms with Crippen LogP contribution in [-0.2, 0) is 54.4 Å². The molecule has 5 N–H and O–H groups in total. The first-order valence-corrected chi connectivity index (χ1v) is 30.3. The molecule has 4 fully saturated rings. The van der Waals surface area contributed by atoms with Crippen molar-refractivity contribution in [2.24, 2.45) is 17.8 Å². The number of anilines is 1. The molecule has 22 nitrogen and oxygen atoms in total. The molecular weight excluding hydrogens is 1060 g/mol. The number of carbonyl (C=O) groups is 1.